The first-order valence-corrected chi connectivity index (χ1v) is 18.6. The number of hydrogen-bond donors (Lipinski definition) is 0. The van der Waals surface area contributed by atoms with Crippen LogP contribution in [-0.2, 0) is 26.7 Å². The molecule has 0 amide bonds. The number of allylic oxidation sites excluding steroid dienone is 4. The van der Waals surface area contributed by atoms with Crippen LogP contribution in [0.15, 0.2) is 93.3 Å². The third-order valence-electron chi connectivity index (χ3n) is 8.54. The summed E-state index contributed by atoms with van der Waals surface area (Å²) in [6, 6.07) is 28.0. The van der Waals surface area contributed by atoms with E-state index in [-0.39, 0.29) is 35.6 Å². The molecule has 2 aliphatic carbocycles. The van der Waals surface area contributed by atoms with Gasteiger partial charge in [-0.3, -0.25) is 0 Å². The van der Waals surface area contributed by atoms with Crippen LogP contribution in [0.3, 0.4) is 0 Å². The number of hydrogen-bond acceptors (Lipinski definition) is 0. The molecule has 3 aromatic rings. The van der Waals surface area contributed by atoms with Gasteiger partial charge in [0.25, 0.3) is 0 Å². The van der Waals surface area contributed by atoms with Gasteiger partial charge in [-0.05, 0) is 0 Å². The van der Waals surface area contributed by atoms with Crippen LogP contribution in [0.5, 0.6) is 0 Å². The summed E-state index contributed by atoms with van der Waals surface area (Å²) in [6.45, 7) is 18.9. The van der Waals surface area contributed by atoms with Gasteiger partial charge >= 0.3 is 240 Å². The van der Waals surface area contributed by atoms with Crippen molar-refractivity contribution in [3.05, 3.63) is 116 Å². The number of rotatable bonds is 5. The Morgan fingerprint density at radius 2 is 1.23 bits per heavy atom. The average Bonchev–Trinajstić information content (AvgIpc) is 3.43. The van der Waals surface area contributed by atoms with E-state index < -0.39 is 21.3 Å². The Bertz CT molecular complexity index is 1400. The summed E-state index contributed by atoms with van der Waals surface area (Å²) in [5.41, 5.74) is 12.5. The zero-order chi connectivity index (χ0) is 27.2. The first kappa shape index (κ1) is 33.0. The second kappa shape index (κ2) is 12.8. The topological polar surface area (TPSA) is 0 Å². The molecule has 3 heteroatoms. The summed E-state index contributed by atoms with van der Waals surface area (Å²) >= 11 is -2.47. The summed E-state index contributed by atoms with van der Waals surface area (Å²) in [4.78, 5) is 0. The molecule has 3 aromatic carbocycles. The van der Waals surface area contributed by atoms with E-state index in [1.807, 2.05) is 3.28 Å². The van der Waals surface area contributed by atoms with Crippen molar-refractivity contribution < 1.29 is 46.1 Å². The molecule has 1 unspecified atom stereocenters. The zero-order valence-electron chi connectivity index (χ0n) is 25.4. The molecule has 0 spiro atoms. The Balaban J connectivity index is 0.00000220. The summed E-state index contributed by atoms with van der Waals surface area (Å²) < 4.78 is 5.16. The van der Waals surface area contributed by atoms with E-state index in [9.17, 15) is 0 Å². The monoisotopic (exact) mass is 648 g/mol. The van der Waals surface area contributed by atoms with Crippen molar-refractivity contribution in [2.24, 2.45) is 11.3 Å². The van der Waals surface area contributed by atoms with Crippen molar-refractivity contribution in [1.29, 1.82) is 0 Å². The van der Waals surface area contributed by atoms with Gasteiger partial charge in [0, 0.05) is 0 Å². The van der Waals surface area contributed by atoms with Crippen LogP contribution >= 0.6 is 0 Å². The second-order valence-corrected chi connectivity index (χ2v) is 18.9. The predicted octanol–water partition coefficient (Wildman–Crippen LogP) is 4.21. The van der Waals surface area contributed by atoms with Crippen molar-refractivity contribution in [1.82, 2.24) is 0 Å². The predicted molar refractivity (Wildman–Crippen MR) is 163 cm³/mol. The van der Waals surface area contributed by atoms with E-state index in [2.05, 4.69) is 138 Å². The molecule has 0 aromatic heterocycles. The molecule has 0 aliphatic heterocycles. The van der Waals surface area contributed by atoms with Gasteiger partial charge in [-0.15, -0.1) is 0 Å². The van der Waals surface area contributed by atoms with Crippen LogP contribution < -0.4 is 24.8 Å². The Morgan fingerprint density at radius 3 is 1.68 bits per heavy atom. The van der Waals surface area contributed by atoms with Crippen LogP contribution in [0, 0.1) is 11.3 Å². The van der Waals surface area contributed by atoms with E-state index in [0.717, 1.165) is 6.42 Å². The SMILES string of the molecule is CCC1=[C](/[Zr+2](=[CH]/c2ccc(C(C)(C)C)cc2)[CH]2c3ccccc3-c3ccccc32)C(CC)C=C1C(C)(C)C.[Cl-].[Cl-]. The molecule has 40 heavy (non-hydrogen) atoms. The minimum atomic E-state index is -2.47. The summed E-state index contributed by atoms with van der Waals surface area (Å²) in [6.07, 6.45) is 4.99. The summed E-state index contributed by atoms with van der Waals surface area (Å²) in [5.74, 6) is 0.568. The van der Waals surface area contributed by atoms with Crippen molar-refractivity contribution >= 4 is 3.71 Å². The molecular weight excluding hydrogens is 607 g/mol. The molecule has 0 nitrogen and oxygen atoms in total. The van der Waals surface area contributed by atoms with Crippen LogP contribution in [0.1, 0.15) is 94.1 Å². The first-order valence-electron chi connectivity index (χ1n) is 14.5. The maximum atomic E-state index is 2.80. The van der Waals surface area contributed by atoms with Crippen LogP contribution in [0.2, 0.25) is 0 Å². The second-order valence-electron chi connectivity index (χ2n) is 13.2. The third kappa shape index (κ3) is 6.14. The largest absolute Gasteiger partial charge is 1.00 e. The number of fused-ring (bicyclic) bond motifs is 3. The van der Waals surface area contributed by atoms with Crippen molar-refractivity contribution in [3.8, 4) is 11.1 Å². The minimum absolute atomic E-state index is 0. The van der Waals surface area contributed by atoms with E-state index in [4.69, 9.17) is 0 Å². The van der Waals surface area contributed by atoms with Crippen LogP contribution in [-0.4, -0.2) is 3.71 Å². The van der Waals surface area contributed by atoms with Gasteiger partial charge < -0.3 is 24.8 Å². The van der Waals surface area contributed by atoms with Crippen molar-refractivity contribution in [2.75, 3.05) is 0 Å². The molecule has 0 bridgehead atoms. The molecule has 0 radical (unpaired) electrons. The smallest absolute Gasteiger partial charge is 1.00 e. The molecule has 5 rings (SSSR count). The molecular formula is C37H44Cl2Zr. The van der Waals surface area contributed by atoms with Crippen LogP contribution in [0.4, 0.5) is 0 Å². The Labute approximate surface area is 263 Å². The van der Waals surface area contributed by atoms with Gasteiger partial charge in [-0.1, -0.05) is 0 Å². The maximum Gasteiger partial charge on any atom is -1.00 e. The Kier molecular flexibility index (Phi) is 10.5. The molecule has 210 valence electrons. The standard InChI is InChI=1S/C13H9.C13H21.C11H14.2ClH.Zr/c1-3-7-12-10(5-1)9-11-6-2-4-8-13(11)12;1-6-10-8-11(7-2)12(9-10)13(3,4)5;1-9-5-7-10(8-6-9)11(2,3)4;;;/h1-9H;9-10H,6-7H2,1-5H3;1,5-8H,2-4H3;2*1H;/q;;;;;+2/p-2. The molecule has 0 saturated heterocycles. The fourth-order valence-electron chi connectivity index (χ4n) is 6.61. The summed E-state index contributed by atoms with van der Waals surface area (Å²) in [5, 5.41) is 0. The van der Waals surface area contributed by atoms with Crippen LogP contribution in [0.25, 0.3) is 11.1 Å². The number of halogens is 2. The normalized spacial score (nSPS) is 16.7. The number of benzene rings is 3. The molecule has 0 fully saturated rings. The zero-order valence-corrected chi connectivity index (χ0v) is 29.4. The quantitative estimate of drug-likeness (QED) is 0.389. The van der Waals surface area contributed by atoms with Gasteiger partial charge in [-0.2, -0.15) is 0 Å². The van der Waals surface area contributed by atoms with Gasteiger partial charge in [0.15, 0.2) is 0 Å². The molecule has 0 heterocycles. The van der Waals surface area contributed by atoms with E-state index in [1.165, 1.54) is 28.7 Å². The van der Waals surface area contributed by atoms with Crippen molar-refractivity contribution in [2.45, 2.75) is 77.3 Å². The van der Waals surface area contributed by atoms with Gasteiger partial charge in [0.1, 0.15) is 0 Å². The van der Waals surface area contributed by atoms with Crippen molar-refractivity contribution in [3.63, 3.8) is 0 Å². The maximum absolute atomic E-state index is 2.80. The fraction of sp³-hybridized carbons (Fsp3) is 0.378. The minimum Gasteiger partial charge on any atom is -1.00 e. The summed E-state index contributed by atoms with van der Waals surface area (Å²) in [7, 11) is 0. The first-order chi connectivity index (χ1) is 18.0. The average molecular weight is 651 g/mol. The molecule has 0 N–H and O–H groups in total. The van der Waals surface area contributed by atoms with E-state index in [0.29, 0.717) is 9.54 Å². The molecule has 0 saturated carbocycles. The molecule has 2 aliphatic rings. The third-order valence-corrected chi connectivity index (χ3v) is 16.4. The van der Waals surface area contributed by atoms with Gasteiger partial charge in [-0.25, -0.2) is 0 Å². The van der Waals surface area contributed by atoms with Gasteiger partial charge in [0.05, 0.1) is 0 Å². The van der Waals surface area contributed by atoms with E-state index >= 15 is 0 Å². The van der Waals surface area contributed by atoms with E-state index in [1.54, 1.807) is 22.3 Å². The fourth-order valence-corrected chi connectivity index (χ4v) is 15.8. The molecule has 1 atom stereocenters. The van der Waals surface area contributed by atoms with Gasteiger partial charge in [0.2, 0.25) is 0 Å². The Hall–Kier alpha value is -1.53. The Morgan fingerprint density at radius 1 is 0.700 bits per heavy atom.